The molecule has 3 heterocycles. The number of hydrogen-bond donors (Lipinski definition) is 0. The number of aryl methyl sites for hydroxylation is 1. The van der Waals surface area contributed by atoms with Crippen LogP contribution in [-0.4, -0.2) is 48.4 Å². The van der Waals surface area contributed by atoms with Crippen LogP contribution in [0.2, 0.25) is 0 Å². The molecule has 19 heavy (non-hydrogen) atoms. The summed E-state index contributed by atoms with van der Waals surface area (Å²) in [5.41, 5.74) is 0.961. The summed E-state index contributed by atoms with van der Waals surface area (Å²) in [7, 11) is 0. The Morgan fingerprint density at radius 3 is 2.95 bits per heavy atom. The zero-order valence-electron chi connectivity index (χ0n) is 11.5. The third kappa shape index (κ3) is 2.54. The van der Waals surface area contributed by atoms with E-state index in [-0.39, 0.29) is 0 Å². The molecule has 1 unspecified atom stereocenters. The highest BCUT2D eigenvalue weighted by atomic mass is 32.1. The highest BCUT2D eigenvalue weighted by molar-refractivity contribution is 7.17. The first kappa shape index (κ1) is 13.1. The first-order valence-electron chi connectivity index (χ1n) is 7.25. The van der Waals surface area contributed by atoms with Crippen LogP contribution < -0.4 is 4.90 Å². The van der Waals surface area contributed by atoms with Gasteiger partial charge in [0.1, 0.15) is 0 Å². The Bertz CT molecular complexity index is 460. The van der Waals surface area contributed by atoms with Crippen LogP contribution in [0.1, 0.15) is 41.6 Å². The van der Waals surface area contributed by atoms with E-state index < -0.39 is 0 Å². The molecule has 5 heteroatoms. The maximum atomic E-state index is 11.1. The van der Waals surface area contributed by atoms with E-state index in [1.807, 2.05) is 0 Å². The molecule has 1 atom stereocenters. The number of rotatable bonds is 3. The first-order valence-corrected chi connectivity index (χ1v) is 8.07. The van der Waals surface area contributed by atoms with Crippen LogP contribution in [0.15, 0.2) is 0 Å². The summed E-state index contributed by atoms with van der Waals surface area (Å²) >= 11 is 1.56. The first-order chi connectivity index (χ1) is 9.31. The lowest BCUT2D eigenvalue weighted by Gasteiger charge is -2.25. The molecule has 4 nitrogen and oxygen atoms in total. The minimum atomic E-state index is 0.691. The van der Waals surface area contributed by atoms with E-state index >= 15 is 0 Å². The predicted molar refractivity (Wildman–Crippen MR) is 78.3 cm³/mol. The lowest BCUT2D eigenvalue weighted by Crippen LogP contribution is -2.36. The molecule has 2 saturated heterocycles. The Hall–Kier alpha value is -0.940. The molecular weight excluding hydrogens is 258 g/mol. The topological polar surface area (TPSA) is 36.4 Å². The summed E-state index contributed by atoms with van der Waals surface area (Å²) < 4.78 is 0. The zero-order valence-corrected chi connectivity index (χ0v) is 12.3. The van der Waals surface area contributed by atoms with Crippen molar-refractivity contribution in [2.24, 2.45) is 0 Å². The SMILES string of the molecule is CCc1nc(N2CCCN3CCCC3C2)sc1C=O. The minimum Gasteiger partial charge on any atom is -0.346 e. The average Bonchev–Trinajstić information content (AvgIpc) is 3.00. The number of carbonyl (C=O) groups is 1. The second-order valence-corrected chi connectivity index (χ2v) is 6.42. The summed E-state index contributed by atoms with van der Waals surface area (Å²) in [4.78, 5) is 21.6. The van der Waals surface area contributed by atoms with Gasteiger partial charge in [-0.2, -0.15) is 0 Å². The molecule has 3 rings (SSSR count). The molecule has 0 spiro atoms. The Kier molecular flexibility index (Phi) is 3.84. The molecule has 104 valence electrons. The van der Waals surface area contributed by atoms with Crippen molar-refractivity contribution in [1.82, 2.24) is 9.88 Å². The molecule has 1 aromatic heterocycles. The number of aromatic nitrogens is 1. The molecule has 2 aliphatic heterocycles. The maximum absolute atomic E-state index is 11.1. The van der Waals surface area contributed by atoms with Crippen molar-refractivity contribution in [3.05, 3.63) is 10.6 Å². The number of thiazole rings is 1. The van der Waals surface area contributed by atoms with Crippen LogP contribution in [0, 0.1) is 0 Å². The molecule has 2 aliphatic rings. The fraction of sp³-hybridized carbons (Fsp3) is 0.714. The summed E-state index contributed by atoms with van der Waals surface area (Å²) in [6.07, 6.45) is 5.64. The van der Waals surface area contributed by atoms with Crippen LogP contribution in [0.5, 0.6) is 0 Å². The van der Waals surface area contributed by atoms with E-state index in [0.717, 1.165) is 41.5 Å². The summed E-state index contributed by atoms with van der Waals surface area (Å²) in [6, 6.07) is 0.691. The second-order valence-electron chi connectivity index (χ2n) is 5.41. The molecule has 0 aromatic carbocycles. The smallest absolute Gasteiger partial charge is 0.186 e. The van der Waals surface area contributed by atoms with Crippen molar-refractivity contribution in [3.8, 4) is 0 Å². The third-order valence-corrected chi connectivity index (χ3v) is 5.32. The minimum absolute atomic E-state index is 0.691. The van der Waals surface area contributed by atoms with Crippen LogP contribution >= 0.6 is 11.3 Å². The lowest BCUT2D eigenvalue weighted by atomic mass is 10.2. The van der Waals surface area contributed by atoms with Crippen LogP contribution in [0.3, 0.4) is 0 Å². The number of fused-ring (bicyclic) bond motifs is 1. The summed E-state index contributed by atoms with van der Waals surface area (Å²) in [6.45, 7) is 6.69. The molecule has 0 bridgehead atoms. The van der Waals surface area contributed by atoms with Crippen molar-refractivity contribution in [1.29, 1.82) is 0 Å². The Morgan fingerprint density at radius 1 is 1.37 bits per heavy atom. The highest BCUT2D eigenvalue weighted by Crippen LogP contribution is 2.29. The number of hydrogen-bond acceptors (Lipinski definition) is 5. The van der Waals surface area contributed by atoms with Gasteiger partial charge in [-0.15, -0.1) is 0 Å². The molecule has 0 aliphatic carbocycles. The number of nitrogens with zero attached hydrogens (tertiary/aromatic N) is 3. The highest BCUT2D eigenvalue weighted by Gasteiger charge is 2.29. The van der Waals surface area contributed by atoms with E-state index in [0.29, 0.717) is 6.04 Å². The van der Waals surface area contributed by atoms with Gasteiger partial charge in [-0.1, -0.05) is 18.3 Å². The van der Waals surface area contributed by atoms with Crippen molar-refractivity contribution < 1.29 is 4.79 Å². The van der Waals surface area contributed by atoms with Gasteiger partial charge >= 0.3 is 0 Å². The van der Waals surface area contributed by atoms with Gasteiger partial charge in [0.05, 0.1) is 10.6 Å². The van der Waals surface area contributed by atoms with Gasteiger partial charge in [0.15, 0.2) is 11.4 Å². The van der Waals surface area contributed by atoms with Crippen LogP contribution in [0.4, 0.5) is 5.13 Å². The molecule has 0 amide bonds. The maximum Gasteiger partial charge on any atom is 0.186 e. The molecule has 0 N–H and O–H groups in total. The molecule has 0 radical (unpaired) electrons. The van der Waals surface area contributed by atoms with E-state index in [1.165, 1.54) is 32.4 Å². The molecular formula is C14H21N3OS. The van der Waals surface area contributed by atoms with Crippen molar-refractivity contribution in [3.63, 3.8) is 0 Å². The van der Waals surface area contributed by atoms with Gasteiger partial charge < -0.3 is 4.90 Å². The fourth-order valence-corrected chi connectivity index (χ4v) is 4.21. The van der Waals surface area contributed by atoms with Crippen molar-refractivity contribution in [2.75, 3.05) is 31.1 Å². The quantitative estimate of drug-likeness (QED) is 0.795. The summed E-state index contributed by atoms with van der Waals surface area (Å²) in [5.74, 6) is 0. The molecule has 1 aromatic rings. The number of anilines is 1. The van der Waals surface area contributed by atoms with Gasteiger partial charge in [0.2, 0.25) is 0 Å². The number of carbonyl (C=O) groups excluding carboxylic acids is 1. The normalized spacial score (nSPS) is 24.3. The van der Waals surface area contributed by atoms with Crippen molar-refractivity contribution in [2.45, 2.75) is 38.6 Å². The van der Waals surface area contributed by atoms with Gasteiger partial charge in [-0.05, 0) is 32.2 Å². The predicted octanol–water partition coefficient (Wildman–Crippen LogP) is 2.19. The van der Waals surface area contributed by atoms with E-state index in [1.54, 1.807) is 11.3 Å². The van der Waals surface area contributed by atoms with E-state index in [4.69, 9.17) is 0 Å². The largest absolute Gasteiger partial charge is 0.346 e. The van der Waals surface area contributed by atoms with E-state index in [9.17, 15) is 4.79 Å². The summed E-state index contributed by atoms with van der Waals surface area (Å²) in [5, 5.41) is 1.05. The second kappa shape index (κ2) is 5.59. The lowest BCUT2D eigenvalue weighted by molar-refractivity contribution is 0.112. The van der Waals surface area contributed by atoms with Gasteiger partial charge in [-0.25, -0.2) is 4.98 Å². The Balaban J connectivity index is 1.80. The fourth-order valence-electron chi connectivity index (χ4n) is 3.21. The zero-order chi connectivity index (χ0) is 13.2. The van der Waals surface area contributed by atoms with Gasteiger partial charge in [0, 0.05) is 25.7 Å². The average molecular weight is 279 g/mol. The molecule has 2 fully saturated rings. The Labute approximate surface area is 118 Å². The number of aldehydes is 1. The molecule has 0 saturated carbocycles. The van der Waals surface area contributed by atoms with Gasteiger partial charge in [0.25, 0.3) is 0 Å². The Morgan fingerprint density at radius 2 is 2.21 bits per heavy atom. The van der Waals surface area contributed by atoms with Crippen molar-refractivity contribution >= 4 is 22.8 Å². The monoisotopic (exact) mass is 279 g/mol. The van der Waals surface area contributed by atoms with E-state index in [2.05, 4.69) is 21.7 Å². The standard InChI is InChI=1S/C14H21N3OS/c1-2-12-13(10-18)19-14(15-12)17-8-4-7-16-6-3-5-11(16)9-17/h10-11H,2-9H2,1H3. The third-order valence-electron chi connectivity index (χ3n) is 4.23. The van der Waals surface area contributed by atoms with Gasteiger partial charge in [-0.3, -0.25) is 9.69 Å². The van der Waals surface area contributed by atoms with Crippen LogP contribution in [0.25, 0.3) is 0 Å². The van der Waals surface area contributed by atoms with Crippen LogP contribution in [-0.2, 0) is 6.42 Å².